The van der Waals surface area contributed by atoms with E-state index >= 15 is 0 Å². The van der Waals surface area contributed by atoms with Crippen molar-refractivity contribution in [3.8, 4) is 5.75 Å². The van der Waals surface area contributed by atoms with Gasteiger partial charge in [-0.25, -0.2) is 0 Å². The van der Waals surface area contributed by atoms with Gasteiger partial charge in [0.2, 0.25) is 0 Å². The molecule has 5 nitrogen and oxygen atoms in total. The molecule has 0 saturated carbocycles. The van der Waals surface area contributed by atoms with Crippen LogP contribution in [0, 0.1) is 12.8 Å². The summed E-state index contributed by atoms with van der Waals surface area (Å²) in [6.07, 6.45) is 2.65. The lowest BCUT2D eigenvalue weighted by atomic mass is 9.93. The molecule has 5 heteroatoms. The largest absolute Gasteiger partial charge is 0.492 e. The van der Waals surface area contributed by atoms with E-state index in [1.165, 1.54) is 0 Å². The summed E-state index contributed by atoms with van der Waals surface area (Å²) in [7, 11) is 1.78. The second-order valence-electron chi connectivity index (χ2n) is 7.90. The highest BCUT2D eigenvalue weighted by molar-refractivity contribution is 6.06. The Morgan fingerprint density at radius 2 is 1.96 bits per heavy atom. The normalized spacial score (nSPS) is 14.1. The molecule has 0 aliphatic rings. The van der Waals surface area contributed by atoms with Crippen LogP contribution in [0.5, 0.6) is 5.75 Å². The van der Waals surface area contributed by atoms with Crippen LogP contribution in [0.15, 0.2) is 35.3 Å². The Bertz CT molecular complexity index is 1020. The van der Waals surface area contributed by atoms with Crippen LogP contribution in [0.3, 0.4) is 0 Å². The van der Waals surface area contributed by atoms with Crippen LogP contribution in [0.4, 0.5) is 0 Å². The summed E-state index contributed by atoms with van der Waals surface area (Å²) in [5.74, 6) is 1.17. The molecule has 0 saturated heterocycles. The standard InChI is InChI=1S/C21H27N3O2/c1-13(2)11-21(4,22)12-26-15-6-7-16-17-8-9-23-14(3)19(17)24(5)20(25)18(16)10-15/h6-10,13H,11-12,22H2,1-5H3/t21-/m1/s1. The number of nitrogens with two attached hydrogens (primary N) is 1. The van der Waals surface area contributed by atoms with E-state index in [1.807, 2.05) is 38.1 Å². The van der Waals surface area contributed by atoms with Crippen molar-refractivity contribution in [1.82, 2.24) is 9.55 Å². The molecule has 3 rings (SSSR count). The van der Waals surface area contributed by atoms with Crippen molar-refractivity contribution < 1.29 is 4.74 Å². The molecule has 138 valence electrons. The van der Waals surface area contributed by atoms with Crippen molar-refractivity contribution in [1.29, 1.82) is 0 Å². The van der Waals surface area contributed by atoms with Crippen LogP contribution in [0.1, 0.15) is 32.9 Å². The van der Waals surface area contributed by atoms with Crippen molar-refractivity contribution >= 4 is 21.7 Å². The molecule has 1 atom stereocenters. The van der Waals surface area contributed by atoms with E-state index in [-0.39, 0.29) is 5.56 Å². The van der Waals surface area contributed by atoms with E-state index in [0.29, 0.717) is 23.7 Å². The Hall–Kier alpha value is -2.40. The van der Waals surface area contributed by atoms with Crippen molar-refractivity contribution in [2.75, 3.05) is 6.61 Å². The number of benzene rings is 1. The van der Waals surface area contributed by atoms with Gasteiger partial charge in [-0.1, -0.05) is 13.8 Å². The number of rotatable bonds is 5. The number of pyridine rings is 2. The molecule has 0 bridgehead atoms. The van der Waals surface area contributed by atoms with Crippen LogP contribution in [0.25, 0.3) is 21.7 Å². The number of nitrogens with zero attached hydrogens (tertiary/aromatic N) is 2. The first-order valence-electron chi connectivity index (χ1n) is 8.99. The summed E-state index contributed by atoms with van der Waals surface area (Å²) in [5.41, 5.74) is 7.58. The maximum Gasteiger partial charge on any atom is 0.258 e. The van der Waals surface area contributed by atoms with Gasteiger partial charge >= 0.3 is 0 Å². The van der Waals surface area contributed by atoms with Gasteiger partial charge in [0.05, 0.1) is 16.6 Å². The predicted molar refractivity (Wildman–Crippen MR) is 107 cm³/mol. The number of fused-ring (bicyclic) bond motifs is 3. The van der Waals surface area contributed by atoms with Gasteiger partial charge in [0, 0.05) is 24.2 Å². The number of hydrogen-bond acceptors (Lipinski definition) is 4. The Labute approximate surface area is 153 Å². The lowest BCUT2D eigenvalue weighted by Gasteiger charge is -2.26. The molecule has 0 unspecified atom stereocenters. The highest BCUT2D eigenvalue weighted by Crippen LogP contribution is 2.27. The SMILES string of the molecule is Cc1nccc2c3ccc(OC[C@](C)(N)CC(C)C)cc3c(=O)n(C)c12. The van der Waals surface area contributed by atoms with Crippen molar-refractivity contribution in [2.24, 2.45) is 18.7 Å². The average molecular weight is 353 g/mol. The summed E-state index contributed by atoms with van der Waals surface area (Å²) < 4.78 is 7.59. The van der Waals surface area contributed by atoms with Gasteiger partial charge < -0.3 is 15.0 Å². The smallest absolute Gasteiger partial charge is 0.258 e. The number of ether oxygens (including phenoxy) is 1. The maximum atomic E-state index is 12.8. The van der Waals surface area contributed by atoms with Crippen LogP contribution in [-0.4, -0.2) is 21.7 Å². The summed E-state index contributed by atoms with van der Waals surface area (Å²) >= 11 is 0. The fraction of sp³-hybridized carbons (Fsp3) is 0.429. The molecule has 3 aromatic rings. The van der Waals surface area contributed by atoms with Crippen LogP contribution < -0.4 is 16.0 Å². The summed E-state index contributed by atoms with van der Waals surface area (Å²) in [6.45, 7) is 8.62. The zero-order valence-electron chi connectivity index (χ0n) is 16.2. The molecule has 0 fully saturated rings. The minimum Gasteiger partial charge on any atom is -0.492 e. The fourth-order valence-corrected chi connectivity index (χ4v) is 3.75. The molecule has 1 aromatic carbocycles. The molecule has 2 aromatic heterocycles. The average Bonchev–Trinajstić information content (AvgIpc) is 2.56. The first-order chi connectivity index (χ1) is 12.2. The Kier molecular flexibility index (Phi) is 4.76. The van der Waals surface area contributed by atoms with E-state index < -0.39 is 5.54 Å². The van der Waals surface area contributed by atoms with Crippen LogP contribution in [-0.2, 0) is 7.05 Å². The highest BCUT2D eigenvalue weighted by atomic mass is 16.5. The molecule has 2 N–H and O–H groups in total. The van der Waals surface area contributed by atoms with Crippen molar-refractivity contribution in [2.45, 2.75) is 39.7 Å². The molecule has 0 radical (unpaired) electrons. The minimum absolute atomic E-state index is 0.0493. The molecule has 26 heavy (non-hydrogen) atoms. The highest BCUT2D eigenvalue weighted by Gasteiger charge is 2.21. The van der Waals surface area contributed by atoms with Crippen LogP contribution in [0.2, 0.25) is 0 Å². The van der Waals surface area contributed by atoms with E-state index in [0.717, 1.165) is 28.4 Å². The molecule has 0 amide bonds. The number of aromatic nitrogens is 2. The number of hydrogen-bond donors (Lipinski definition) is 1. The van der Waals surface area contributed by atoms with Gasteiger partial charge in [-0.15, -0.1) is 0 Å². The van der Waals surface area contributed by atoms with E-state index in [9.17, 15) is 4.79 Å². The molecule has 0 aliphatic heterocycles. The lowest BCUT2D eigenvalue weighted by molar-refractivity contribution is 0.207. The second-order valence-corrected chi connectivity index (χ2v) is 7.90. The maximum absolute atomic E-state index is 12.8. The monoisotopic (exact) mass is 353 g/mol. The van der Waals surface area contributed by atoms with E-state index in [2.05, 4.69) is 18.8 Å². The zero-order valence-corrected chi connectivity index (χ0v) is 16.2. The fourth-order valence-electron chi connectivity index (χ4n) is 3.75. The van der Waals surface area contributed by atoms with Gasteiger partial charge in [-0.2, -0.15) is 0 Å². The first kappa shape index (κ1) is 18.4. The molecule has 0 spiro atoms. The summed E-state index contributed by atoms with van der Waals surface area (Å²) in [4.78, 5) is 17.2. The summed E-state index contributed by atoms with van der Waals surface area (Å²) in [5, 5.41) is 2.58. The van der Waals surface area contributed by atoms with Gasteiger partial charge in [0.25, 0.3) is 5.56 Å². The van der Waals surface area contributed by atoms with Gasteiger partial charge in [0.1, 0.15) is 12.4 Å². The Morgan fingerprint density at radius 3 is 2.65 bits per heavy atom. The molecular formula is C21H27N3O2. The topological polar surface area (TPSA) is 70.1 Å². The van der Waals surface area contributed by atoms with Gasteiger partial charge in [-0.05, 0) is 55.8 Å². The second kappa shape index (κ2) is 6.72. The predicted octanol–water partition coefficient (Wildman–Crippen LogP) is 3.54. The molecular weight excluding hydrogens is 326 g/mol. The van der Waals surface area contributed by atoms with Gasteiger partial charge in [-0.3, -0.25) is 9.78 Å². The van der Waals surface area contributed by atoms with Crippen molar-refractivity contribution in [3.63, 3.8) is 0 Å². The first-order valence-corrected chi connectivity index (χ1v) is 8.99. The van der Waals surface area contributed by atoms with E-state index in [4.69, 9.17) is 10.5 Å². The third-order valence-corrected chi connectivity index (χ3v) is 4.70. The molecule has 2 heterocycles. The minimum atomic E-state index is -0.403. The Balaban J connectivity index is 2.03. The summed E-state index contributed by atoms with van der Waals surface area (Å²) in [6, 6.07) is 7.62. The Morgan fingerprint density at radius 1 is 1.23 bits per heavy atom. The third-order valence-electron chi connectivity index (χ3n) is 4.70. The third kappa shape index (κ3) is 3.44. The van der Waals surface area contributed by atoms with Gasteiger partial charge in [0.15, 0.2) is 0 Å². The number of aryl methyl sites for hydroxylation is 2. The quantitative estimate of drug-likeness (QED) is 0.712. The van der Waals surface area contributed by atoms with Crippen molar-refractivity contribution in [3.05, 3.63) is 46.5 Å². The van der Waals surface area contributed by atoms with E-state index in [1.54, 1.807) is 17.8 Å². The van der Waals surface area contributed by atoms with Crippen LogP contribution >= 0.6 is 0 Å². The molecule has 0 aliphatic carbocycles. The lowest BCUT2D eigenvalue weighted by Crippen LogP contribution is -2.43. The zero-order chi connectivity index (χ0) is 19.1.